The number of carbonyl (C=O) groups excluding carboxylic acids is 1. The number of phenolic OH excluding ortho intramolecular Hbond substituents is 1. The molecule has 0 atom stereocenters. The lowest BCUT2D eigenvalue weighted by atomic mass is 10.2. The fourth-order valence-electron chi connectivity index (χ4n) is 2.00. The van der Waals surface area contributed by atoms with Gasteiger partial charge in [-0.2, -0.15) is 0 Å². The Labute approximate surface area is 136 Å². The first kappa shape index (κ1) is 14.6. The van der Waals surface area contributed by atoms with E-state index in [1.165, 1.54) is 11.3 Å². The van der Waals surface area contributed by atoms with E-state index in [9.17, 15) is 9.90 Å². The summed E-state index contributed by atoms with van der Waals surface area (Å²) in [5.41, 5.74) is 1.63. The molecular formula is C17H12ClNO2S. The van der Waals surface area contributed by atoms with Crippen molar-refractivity contribution >= 4 is 34.5 Å². The number of halogens is 1. The average Bonchev–Trinajstić information content (AvgIpc) is 2.98. The van der Waals surface area contributed by atoms with Crippen molar-refractivity contribution in [3.05, 3.63) is 70.6 Å². The number of phenols is 1. The van der Waals surface area contributed by atoms with Gasteiger partial charge in [0, 0.05) is 15.6 Å². The van der Waals surface area contributed by atoms with Gasteiger partial charge in [-0.25, -0.2) is 0 Å². The normalized spacial score (nSPS) is 10.4. The molecule has 110 valence electrons. The molecule has 0 bridgehead atoms. The molecule has 3 aromatic rings. The molecule has 2 aromatic carbocycles. The summed E-state index contributed by atoms with van der Waals surface area (Å²) in [4.78, 5) is 13.8. The summed E-state index contributed by atoms with van der Waals surface area (Å²) in [6.07, 6.45) is 0. The summed E-state index contributed by atoms with van der Waals surface area (Å²) in [7, 11) is 0. The van der Waals surface area contributed by atoms with Gasteiger partial charge in [-0.1, -0.05) is 17.7 Å². The van der Waals surface area contributed by atoms with Gasteiger partial charge < -0.3 is 10.4 Å². The van der Waals surface area contributed by atoms with Crippen LogP contribution in [0.15, 0.2) is 60.7 Å². The van der Waals surface area contributed by atoms with Gasteiger partial charge in [-0.15, -0.1) is 11.3 Å². The first-order chi connectivity index (χ1) is 10.6. The van der Waals surface area contributed by atoms with Crippen molar-refractivity contribution in [2.24, 2.45) is 0 Å². The smallest absolute Gasteiger partial charge is 0.265 e. The summed E-state index contributed by atoms with van der Waals surface area (Å²) in [5, 5.41) is 12.7. The summed E-state index contributed by atoms with van der Waals surface area (Å²) in [5.74, 6) is 0.0523. The van der Waals surface area contributed by atoms with E-state index in [-0.39, 0.29) is 11.7 Å². The Kier molecular flexibility index (Phi) is 4.13. The maximum absolute atomic E-state index is 12.2. The second-order valence-corrected chi connectivity index (χ2v) is 6.20. The fraction of sp³-hybridized carbons (Fsp3) is 0. The van der Waals surface area contributed by atoms with Crippen LogP contribution < -0.4 is 5.32 Å². The van der Waals surface area contributed by atoms with Crippen LogP contribution in [0.4, 0.5) is 5.69 Å². The Morgan fingerprint density at radius 3 is 2.55 bits per heavy atom. The van der Waals surface area contributed by atoms with Crippen LogP contribution in [0.5, 0.6) is 5.75 Å². The van der Waals surface area contributed by atoms with E-state index in [2.05, 4.69) is 5.32 Å². The maximum Gasteiger partial charge on any atom is 0.265 e. The largest absolute Gasteiger partial charge is 0.508 e. The highest BCUT2D eigenvalue weighted by Crippen LogP contribution is 2.29. The lowest BCUT2D eigenvalue weighted by Gasteiger charge is -2.03. The second kappa shape index (κ2) is 6.22. The van der Waals surface area contributed by atoms with Crippen molar-refractivity contribution in [2.75, 3.05) is 5.32 Å². The van der Waals surface area contributed by atoms with Gasteiger partial charge in [-0.05, 0) is 60.2 Å². The van der Waals surface area contributed by atoms with Crippen LogP contribution in [-0.2, 0) is 0 Å². The molecule has 5 heteroatoms. The number of rotatable bonds is 3. The van der Waals surface area contributed by atoms with Crippen LogP contribution in [0.2, 0.25) is 5.02 Å². The summed E-state index contributed by atoms with van der Waals surface area (Å²) in [6.45, 7) is 0. The van der Waals surface area contributed by atoms with Crippen LogP contribution >= 0.6 is 22.9 Å². The fourth-order valence-corrected chi connectivity index (χ4v) is 3.10. The molecule has 3 nitrogen and oxygen atoms in total. The van der Waals surface area contributed by atoms with Gasteiger partial charge in [0.05, 0.1) is 4.88 Å². The molecule has 0 unspecified atom stereocenters. The molecule has 0 aliphatic rings. The zero-order chi connectivity index (χ0) is 15.5. The number of hydrogen-bond acceptors (Lipinski definition) is 3. The van der Waals surface area contributed by atoms with Crippen LogP contribution in [0, 0.1) is 0 Å². The number of nitrogens with one attached hydrogen (secondary N) is 1. The predicted molar refractivity (Wildman–Crippen MR) is 90.8 cm³/mol. The van der Waals surface area contributed by atoms with Crippen LogP contribution in [0.25, 0.3) is 10.4 Å². The molecule has 0 radical (unpaired) electrons. The van der Waals surface area contributed by atoms with Crippen molar-refractivity contribution in [3.63, 3.8) is 0 Å². The molecule has 1 amide bonds. The molecule has 0 saturated heterocycles. The molecule has 0 aliphatic carbocycles. The van der Waals surface area contributed by atoms with Crippen molar-refractivity contribution in [2.45, 2.75) is 0 Å². The third-order valence-corrected chi connectivity index (χ3v) is 4.43. The van der Waals surface area contributed by atoms with E-state index in [0.717, 1.165) is 10.4 Å². The Morgan fingerprint density at radius 2 is 1.82 bits per heavy atom. The van der Waals surface area contributed by atoms with Crippen LogP contribution in [0.3, 0.4) is 0 Å². The number of hydrogen-bond donors (Lipinski definition) is 2. The molecule has 2 N–H and O–H groups in total. The number of benzene rings is 2. The number of thiophene rings is 1. The van der Waals surface area contributed by atoms with Crippen molar-refractivity contribution in [3.8, 4) is 16.2 Å². The molecule has 3 rings (SSSR count). The van der Waals surface area contributed by atoms with Crippen molar-refractivity contribution < 1.29 is 9.90 Å². The summed E-state index contributed by atoms with van der Waals surface area (Å²) in [6, 6.07) is 17.6. The van der Waals surface area contributed by atoms with E-state index in [4.69, 9.17) is 11.6 Å². The minimum absolute atomic E-state index is 0.169. The molecule has 0 saturated carbocycles. The number of carbonyl (C=O) groups is 1. The molecule has 0 fully saturated rings. The first-order valence-corrected chi connectivity index (χ1v) is 7.77. The zero-order valence-corrected chi connectivity index (χ0v) is 13.0. The lowest BCUT2D eigenvalue weighted by Crippen LogP contribution is -2.09. The average molecular weight is 330 g/mol. The molecule has 1 heterocycles. The third-order valence-electron chi connectivity index (χ3n) is 3.06. The third kappa shape index (κ3) is 3.30. The minimum Gasteiger partial charge on any atom is -0.508 e. The first-order valence-electron chi connectivity index (χ1n) is 6.58. The van der Waals surface area contributed by atoms with E-state index in [1.54, 1.807) is 42.5 Å². The Hall–Kier alpha value is -2.30. The zero-order valence-electron chi connectivity index (χ0n) is 11.4. The van der Waals surface area contributed by atoms with E-state index >= 15 is 0 Å². The van der Waals surface area contributed by atoms with Gasteiger partial charge in [0.15, 0.2) is 0 Å². The Morgan fingerprint density at radius 1 is 1.05 bits per heavy atom. The molecule has 0 spiro atoms. The highest BCUT2D eigenvalue weighted by Gasteiger charge is 2.11. The maximum atomic E-state index is 12.2. The van der Waals surface area contributed by atoms with Gasteiger partial charge in [0.25, 0.3) is 5.91 Å². The quantitative estimate of drug-likeness (QED) is 0.708. The Bertz CT molecular complexity index is 812. The van der Waals surface area contributed by atoms with Gasteiger partial charge >= 0.3 is 0 Å². The molecule has 0 aliphatic heterocycles. The van der Waals surface area contributed by atoms with Crippen LogP contribution in [0.1, 0.15) is 9.67 Å². The van der Waals surface area contributed by atoms with E-state index in [0.29, 0.717) is 15.6 Å². The van der Waals surface area contributed by atoms with E-state index in [1.807, 2.05) is 18.2 Å². The second-order valence-electron chi connectivity index (χ2n) is 4.68. The van der Waals surface area contributed by atoms with Gasteiger partial charge in [0.2, 0.25) is 0 Å². The topological polar surface area (TPSA) is 49.3 Å². The summed E-state index contributed by atoms with van der Waals surface area (Å²) < 4.78 is 0. The highest BCUT2D eigenvalue weighted by atomic mass is 35.5. The standard InChI is InChI=1S/C17H12ClNO2S/c18-12-2-1-3-13(10-12)19-17(21)16-9-8-15(22-16)11-4-6-14(20)7-5-11/h1-10,20H,(H,19,21). The van der Waals surface area contributed by atoms with Crippen molar-refractivity contribution in [1.82, 2.24) is 0 Å². The van der Waals surface area contributed by atoms with Crippen molar-refractivity contribution in [1.29, 1.82) is 0 Å². The van der Waals surface area contributed by atoms with Gasteiger partial charge in [-0.3, -0.25) is 4.79 Å². The number of amides is 1. The minimum atomic E-state index is -0.169. The van der Waals surface area contributed by atoms with E-state index < -0.39 is 0 Å². The Balaban J connectivity index is 1.78. The predicted octanol–water partition coefficient (Wildman–Crippen LogP) is 5.03. The molecular weight excluding hydrogens is 318 g/mol. The van der Waals surface area contributed by atoms with Gasteiger partial charge in [0.1, 0.15) is 5.75 Å². The number of aromatic hydroxyl groups is 1. The molecule has 1 aromatic heterocycles. The highest BCUT2D eigenvalue weighted by molar-refractivity contribution is 7.17. The SMILES string of the molecule is O=C(Nc1cccc(Cl)c1)c1ccc(-c2ccc(O)cc2)s1. The van der Waals surface area contributed by atoms with Crippen LogP contribution in [-0.4, -0.2) is 11.0 Å². The molecule has 22 heavy (non-hydrogen) atoms. The number of anilines is 1. The summed E-state index contributed by atoms with van der Waals surface area (Å²) >= 11 is 7.30. The lowest BCUT2D eigenvalue weighted by molar-refractivity contribution is 0.103. The monoisotopic (exact) mass is 329 g/mol.